The molecule has 0 spiro atoms. The SMILES string of the molecule is COc1ccccc1NC(=O)Nc1ccc(N2CCCC2)c(C(=O)NCc2ccccc2)c1. The molecule has 0 aromatic heterocycles. The molecule has 3 aromatic rings. The number of nitrogens with zero attached hydrogens (tertiary/aromatic N) is 1. The van der Waals surface area contributed by atoms with Gasteiger partial charge in [-0.25, -0.2) is 4.79 Å². The lowest BCUT2D eigenvalue weighted by atomic mass is 10.1. The van der Waals surface area contributed by atoms with Crippen LogP contribution in [0.5, 0.6) is 5.75 Å². The van der Waals surface area contributed by atoms with Gasteiger partial charge in [-0.3, -0.25) is 4.79 Å². The van der Waals surface area contributed by atoms with Gasteiger partial charge in [-0.1, -0.05) is 42.5 Å². The zero-order valence-electron chi connectivity index (χ0n) is 18.6. The third-order valence-electron chi connectivity index (χ3n) is 5.60. The van der Waals surface area contributed by atoms with Crippen LogP contribution in [0, 0.1) is 0 Å². The van der Waals surface area contributed by atoms with Gasteiger partial charge in [-0.05, 0) is 48.7 Å². The molecule has 0 aliphatic carbocycles. The normalized spacial score (nSPS) is 12.8. The summed E-state index contributed by atoms with van der Waals surface area (Å²) in [4.78, 5) is 27.9. The van der Waals surface area contributed by atoms with Crippen LogP contribution in [0.4, 0.5) is 21.9 Å². The van der Waals surface area contributed by atoms with Crippen LogP contribution < -0.4 is 25.6 Å². The van der Waals surface area contributed by atoms with E-state index in [0.717, 1.165) is 37.2 Å². The van der Waals surface area contributed by atoms with Gasteiger partial charge in [0.05, 0.1) is 18.4 Å². The molecule has 7 heteroatoms. The molecule has 1 aliphatic heterocycles. The van der Waals surface area contributed by atoms with Crippen LogP contribution in [0.2, 0.25) is 0 Å². The molecular weight excluding hydrogens is 416 g/mol. The van der Waals surface area contributed by atoms with E-state index in [1.807, 2.05) is 54.6 Å². The lowest BCUT2D eigenvalue weighted by molar-refractivity contribution is 0.0951. The molecule has 0 unspecified atom stereocenters. The Bertz CT molecular complexity index is 1110. The number of hydrogen-bond donors (Lipinski definition) is 3. The van der Waals surface area contributed by atoms with Crippen molar-refractivity contribution in [3.8, 4) is 5.75 Å². The van der Waals surface area contributed by atoms with E-state index < -0.39 is 6.03 Å². The summed E-state index contributed by atoms with van der Waals surface area (Å²) >= 11 is 0. The molecule has 7 nitrogen and oxygen atoms in total. The summed E-state index contributed by atoms with van der Waals surface area (Å²) < 4.78 is 5.28. The number of hydrogen-bond acceptors (Lipinski definition) is 4. The Kier molecular flexibility index (Phi) is 7.09. The molecule has 3 N–H and O–H groups in total. The van der Waals surface area contributed by atoms with Gasteiger partial charge in [0, 0.05) is 31.0 Å². The molecule has 170 valence electrons. The average molecular weight is 445 g/mol. The molecule has 1 fully saturated rings. The van der Waals surface area contributed by atoms with Crippen molar-refractivity contribution in [3.05, 3.63) is 83.9 Å². The Labute approximate surface area is 193 Å². The Morgan fingerprint density at radius 2 is 1.64 bits per heavy atom. The number of methoxy groups -OCH3 is 1. The Balaban J connectivity index is 1.51. The van der Waals surface area contributed by atoms with Crippen molar-refractivity contribution >= 4 is 29.0 Å². The highest BCUT2D eigenvalue weighted by Gasteiger charge is 2.20. The zero-order chi connectivity index (χ0) is 23.0. The fraction of sp³-hybridized carbons (Fsp3) is 0.231. The van der Waals surface area contributed by atoms with Crippen molar-refractivity contribution in [1.29, 1.82) is 0 Å². The van der Waals surface area contributed by atoms with Gasteiger partial charge in [0.1, 0.15) is 5.75 Å². The van der Waals surface area contributed by atoms with Crippen LogP contribution in [0.15, 0.2) is 72.8 Å². The molecule has 3 amide bonds. The number of urea groups is 1. The number of benzene rings is 3. The number of nitrogens with one attached hydrogen (secondary N) is 3. The first kappa shape index (κ1) is 22.2. The maximum Gasteiger partial charge on any atom is 0.323 e. The summed E-state index contributed by atoms with van der Waals surface area (Å²) in [5.41, 5.74) is 3.55. The van der Waals surface area contributed by atoms with Crippen molar-refractivity contribution in [2.45, 2.75) is 19.4 Å². The number of anilines is 3. The summed E-state index contributed by atoms with van der Waals surface area (Å²) in [6.45, 7) is 2.27. The zero-order valence-corrected chi connectivity index (χ0v) is 18.6. The van der Waals surface area contributed by atoms with Crippen molar-refractivity contribution in [3.63, 3.8) is 0 Å². The molecule has 0 radical (unpaired) electrons. The third kappa shape index (κ3) is 5.63. The van der Waals surface area contributed by atoms with E-state index in [4.69, 9.17) is 4.74 Å². The molecule has 3 aromatic carbocycles. The maximum atomic E-state index is 13.1. The molecule has 0 bridgehead atoms. The summed E-state index contributed by atoms with van der Waals surface area (Å²) in [5.74, 6) is 0.396. The minimum Gasteiger partial charge on any atom is -0.495 e. The van der Waals surface area contributed by atoms with Crippen LogP contribution in [-0.2, 0) is 6.54 Å². The molecule has 1 aliphatic rings. The number of para-hydroxylation sites is 2. The van der Waals surface area contributed by atoms with E-state index in [2.05, 4.69) is 20.9 Å². The van der Waals surface area contributed by atoms with Crippen molar-refractivity contribution in [2.75, 3.05) is 35.7 Å². The first-order valence-electron chi connectivity index (χ1n) is 11.1. The van der Waals surface area contributed by atoms with Gasteiger partial charge >= 0.3 is 6.03 Å². The second kappa shape index (κ2) is 10.5. The van der Waals surface area contributed by atoms with Gasteiger partial charge in [0.2, 0.25) is 0 Å². The monoisotopic (exact) mass is 444 g/mol. The molecule has 33 heavy (non-hydrogen) atoms. The van der Waals surface area contributed by atoms with Crippen LogP contribution in [0.25, 0.3) is 0 Å². The molecule has 1 saturated heterocycles. The number of carbonyl (C=O) groups excluding carboxylic acids is 2. The van der Waals surface area contributed by atoms with Crippen LogP contribution >= 0.6 is 0 Å². The minimum absolute atomic E-state index is 0.172. The Morgan fingerprint density at radius 1 is 0.909 bits per heavy atom. The Morgan fingerprint density at radius 3 is 2.39 bits per heavy atom. The maximum absolute atomic E-state index is 13.1. The van der Waals surface area contributed by atoms with E-state index in [1.165, 1.54) is 0 Å². The highest BCUT2D eigenvalue weighted by Crippen LogP contribution is 2.28. The van der Waals surface area contributed by atoms with Gasteiger partial charge in [0.15, 0.2) is 0 Å². The minimum atomic E-state index is -0.413. The smallest absolute Gasteiger partial charge is 0.323 e. The van der Waals surface area contributed by atoms with Crippen molar-refractivity contribution < 1.29 is 14.3 Å². The fourth-order valence-electron chi connectivity index (χ4n) is 3.94. The third-order valence-corrected chi connectivity index (χ3v) is 5.60. The molecular formula is C26H28N4O3. The Hall–Kier alpha value is -4.00. The highest BCUT2D eigenvalue weighted by atomic mass is 16.5. The van der Waals surface area contributed by atoms with Gasteiger partial charge < -0.3 is 25.6 Å². The van der Waals surface area contributed by atoms with E-state index in [1.54, 1.807) is 25.3 Å². The molecule has 0 atom stereocenters. The first-order chi connectivity index (χ1) is 16.1. The number of rotatable bonds is 7. The van der Waals surface area contributed by atoms with Gasteiger partial charge in [0.25, 0.3) is 5.91 Å². The standard InChI is InChI=1S/C26H28N4O3/c1-33-24-12-6-5-11-22(24)29-26(32)28-20-13-14-23(30-15-7-8-16-30)21(17-20)25(31)27-18-19-9-3-2-4-10-19/h2-6,9-14,17H,7-8,15-16,18H2,1H3,(H,27,31)(H2,28,29,32). The van der Waals surface area contributed by atoms with Gasteiger partial charge in [-0.2, -0.15) is 0 Å². The van der Waals surface area contributed by atoms with Crippen LogP contribution in [-0.4, -0.2) is 32.1 Å². The first-order valence-corrected chi connectivity index (χ1v) is 11.1. The van der Waals surface area contributed by atoms with E-state index >= 15 is 0 Å². The van der Waals surface area contributed by atoms with Crippen molar-refractivity contribution in [1.82, 2.24) is 5.32 Å². The summed E-state index contributed by atoms with van der Waals surface area (Å²) in [6.07, 6.45) is 2.21. The summed E-state index contributed by atoms with van der Waals surface area (Å²) in [6, 6.07) is 22.0. The van der Waals surface area contributed by atoms with Gasteiger partial charge in [-0.15, -0.1) is 0 Å². The lowest BCUT2D eigenvalue weighted by Gasteiger charge is -2.22. The number of carbonyl (C=O) groups is 2. The van der Waals surface area contributed by atoms with Crippen molar-refractivity contribution in [2.24, 2.45) is 0 Å². The largest absolute Gasteiger partial charge is 0.495 e. The van der Waals surface area contributed by atoms with E-state index in [9.17, 15) is 9.59 Å². The quantitative estimate of drug-likeness (QED) is 0.486. The average Bonchev–Trinajstić information content (AvgIpc) is 3.38. The molecule has 4 rings (SSSR count). The number of ether oxygens (including phenoxy) is 1. The van der Waals surface area contributed by atoms with E-state index in [-0.39, 0.29) is 5.91 Å². The topological polar surface area (TPSA) is 82.7 Å². The lowest BCUT2D eigenvalue weighted by Crippen LogP contribution is -2.27. The summed E-state index contributed by atoms with van der Waals surface area (Å²) in [5, 5.41) is 8.62. The summed E-state index contributed by atoms with van der Waals surface area (Å²) in [7, 11) is 1.55. The number of amides is 3. The van der Waals surface area contributed by atoms with Crippen LogP contribution in [0.1, 0.15) is 28.8 Å². The fourth-order valence-corrected chi connectivity index (χ4v) is 3.94. The molecule has 0 saturated carbocycles. The van der Waals surface area contributed by atoms with E-state index in [0.29, 0.717) is 29.2 Å². The second-order valence-corrected chi connectivity index (χ2v) is 7.87. The predicted molar refractivity (Wildman–Crippen MR) is 131 cm³/mol. The van der Waals surface area contributed by atoms with Crippen LogP contribution in [0.3, 0.4) is 0 Å². The molecule has 1 heterocycles. The second-order valence-electron chi connectivity index (χ2n) is 7.87. The predicted octanol–water partition coefficient (Wildman–Crippen LogP) is 4.87. The highest BCUT2D eigenvalue weighted by molar-refractivity contribution is 6.04.